The monoisotopic (exact) mass is 372 g/mol. The lowest BCUT2D eigenvalue weighted by Crippen LogP contribution is -2.45. The summed E-state index contributed by atoms with van der Waals surface area (Å²) in [5, 5.41) is 4.78. The molecule has 0 saturated carbocycles. The maximum absolute atomic E-state index is 13.6. The normalized spacial score (nSPS) is 17.5. The molecule has 1 atom stereocenters. The zero-order valence-corrected chi connectivity index (χ0v) is 13.0. The molecule has 7 nitrogen and oxygen atoms in total. The Morgan fingerprint density at radius 2 is 2.18 bits per heavy atom. The Hall–Kier alpha value is -2.16. The highest BCUT2D eigenvalue weighted by Crippen LogP contribution is 2.19. The Labute approximate surface area is 134 Å². The van der Waals surface area contributed by atoms with Gasteiger partial charge in [0.15, 0.2) is 0 Å². The van der Waals surface area contributed by atoms with E-state index in [0.717, 1.165) is 0 Å². The molecule has 1 aliphatic heterocycles. The van der Waals surface area contributed by atoms with E-state index in [1.54, 1.807) is 6.07 Å². The molecule has 1 aliphatic rings. The molecule has 1 aromatic rings. The van der Waals surface area contributed by atoms with Gasteiger partial charge in [0.2, 0.25) is 11.8 Å². The van der Waals surface area contributed by atoms with Crippen LogP contribution in [0.4, 0.5) is 14.9 Å². The van der Waals surface area contributed by atoms with Crippen molar-refractivity contribution in [2.24, 2.45) is 5.73 Å². The molecule has 1 heterocycles. The van der Waals surface area contributed by atoms with Crippen molar-refractivity contribution in [1.29, 1.82) is 0 Å². The van der Waals surface area contributed by atoms with Crippen molar-refractivity contribution in [3.8, 4) is 0 Å². The summed E-state index contributed by atoms with van der Waals surface area (Å²) < 4.78 is 14.2. The second-order valence-corrected chi connectivity index (χ2v) is 5.71. The number of nitrogens with one attached hydrogen (secondary N) is 2. The topological polar surface area (TPSA) is 105 Å². The molecular formula is C13H14BrFN4O3. The number of carbonyl (C=O) groups is 3. The number of benzene rings is 1. The summed E-state index contributed by atoms with van der Waals surface area (Å²) in [4.78, 5) is 35.8. The molecule has 0 spiro atoms. The van der Waals surface area contributed by atoms with Gasteiger partial charge in [-0.15, -0.1) is 0 Å². The Morgan fingerprint density at radius 3 is 2.82 bits per heavy atom. The summed E-state index contributed by atoms with van der Waals surface area (Å²) >= 11 is 3.11. The Kier molecular flexibility index (Phi) is 4.96. The summed E-state index contributed by atoms with van der Waals surface area (Å²) in [5.74, 6) is -1.60. The predicted molar refractivity (Wildman–Crippen MR) is 80.4 cm³/mol. The van der Waals surface area contributed by atoms with Crippen LogP contribution in [0.3, 0.4) is 0 Å². The van der Waals surface area contributed by atoms with Gasteiger partial charge < -0.3 is 21.3 Å². The molecular weight excluding hydrogens is 359 g/mol. The number of amides is 4. The van der Waals surface area contributed by atoms with Gasteiger partial charge in [0.25, 0.3) is 0 Å². The van der Waals surface area contributed by atoms with Crippen molar-refractivity contribution in [2.45, 2.75) is 12.5 Å². The van der Waals surface area contributed by atoms with Crippen LogP contribution >= 0.6 is 15.9 Å². The number of halogens is 2. The number of hydrogen-bond donors (Lipinski definition) is 3. The van der Waals surface area contributed by atoms with Gasteiger partial charge in [0.1, 0.15) is 11.9 Å². The van der Waals surface area contributed by atoms with Crippen molar-refractivity contribution in [3.05, 3.63) is 28.5 Å². The highest BCUT2D eigenvalue weighted by Gasteiger charge is 2.33. The molecule has 9 heteroatoms. The van der Waals surface area contributed by atoms with Gasteiger partial charge in [0, 0.05) is 11.0 Å². The molecule has 0 aliphatic carbocycles. The zero-order chi connectivity index (χ0) is 16.3. The lowest BCUT2D eigenvalue weighted by atomic mass is 10.2. The molecule has 4 N–H and O–H groups in total. The van der Waals surface area contributed by atoms with E-state index in [-0.39, 0.29) is 18.1 Å². The van der Waals surface area contributed by atoms with E-state index in [2.05, 4.69) is 26.6 Å². The molecule has 4 amide bonds. The first-order valence-electron chi connectivity index (χ1n) is 6.46. The number of hydrogen-bond acceptors (Lipinski definition) is 3. The van der Waals surface area contributed by atoms with Crippen LogP contribution in [0.5, 0.6) is 0 Å². The highest BCUT2D eigenvalue weighted by molar-refractivity contribution is 9.10. The van der Waals surface area contributed by atoms with Crippen molar-refractivity contribution < 1.29 is 18.8 Å². The molecule has 118 valence electrons. The minimum atomic E-state index is -0.752. The molecule has 2 rings (SSSR count). The van der Waals surface area contributed by atoms with Crippen molar-refractivity contribution in [1.82, 2.24) is 10.2 Å². The van der Waals surface area contributed by atoms with Gasteiger partial charge in [-0.2, -0.15) is 0 Å². The fourth-order valence-corrected chi connectivity index (χ4v) is 2.46. The Balaban J connectivity index is 1.92. The van der Waals surface area contributed by atoms with Gasteiger partial charge in [0.05, 0.1) is 12.2 Å². The van der Waals surface area contributed by atoms with Gasteiger partial charge in [-0.3, -0.25) is 9.59 Å². The molecule has 1 fully saturated rings. The quantitative estimate of drug-likeness (QED) is 0.727. The SMILES string of the molecule is NC(=O)CN1CCC(NC(=O)Nc2ccc(Br)cc2F)C1=O. The van der Waals surface area contributed by atoms with E-state index in [1.165, 1.54) is 17.0 Å². The van der Waals surface area contributed by atoms with Crippen LogP contribution in [0.1, 0.15) is 6.42 Å². The molecule has 22 heavy (non-hydrogen) atoms. The first kappa shape index (κ1) is 16.2. The van der Waals surface area contributed by atoms with E-state index in [1.807, 2.05) is 0 Å². The fraction of sp³-hybridized carbons (Fsp3) is 0.308. The number of urea groups is 1. The van der Waals surface area contributed by atoms with Gasteiger partial charge in [-0.1, -0.05) is 15.9 Å². The summed E-state index contributed by atoms with van der Waals surface area (Å²) in [6.07, 6.45) is 0.363. The van der Waals surface area contributed by atoms with Crippen molar-refractivity contribution in [3.63, 3.8) is 0 Å². The number of rotatable bonds is 4. The summed E-state index contributed by atoms with van der Waals surface area (Å²) in [6, 6.07) is 2.74. The largest absolute Gasteiger partial charge is 0.368 e. The smallest absolute Gasteiger partial charge is 0.319 e. The average Bonchev–Trinajstić information content (AvgIpc) is 2.74. The predicted octanol–water partition coefficient (Wildman–Crippen LogP) is 0.796. The number of primary amides is 1. The van der Waals surface area contributed by atoms with Crippen LogP contribution in [0.25, 0.3) is 0 Å². The van der Waals surface area contributed by atoms with Gasteiger partial charge in [-0.25, -0.2) is 9.18 Å². The molecule has 1 saturated heterocycles. The zero-order valence-electron chi connectivity index (χ0n) is 11.4. The minimum absolute atomic E-state index is 0.000128. The van der Waals surface area contributed by atoms with Gasteiger partial charge >= 0.3 is 6.03 Å². The number of carbonyl (C=O) groups excluding carboxylic acids is 3. The number of likely N-dealkylation sites (tertiary alicyclic amines) is 1. The van der Waals surface area contributed by atoms with Crippen LogP contribution in [0, 0.1) is 5.82 Å². The minimum Gasteiger partial charge on any atom is -0.368 e. The lowest BCUT2D eigenvalue weighted by molar-refractivity contribution is -0.133. The first-order valence-corrected chi connectivity index (χ1v) is 7.26. The number of anilines is 1. The Morgan fingerprint density at radius 1 is 1.45 bits per heavy atom. The number of nitrogens with zero attached hydrogens (tertiary/aromatic N) is 1. The number of nitrogens with two attached hydrogens (primary N) is 1. The first-order chi connectivity index (χ1) is 10.4. The third-order valence-electron chi connectivity index (χ3n) is 3.13. The van der Waals surface area contributed by atoms with Crippen molar-refractivity contribution >= 4 is 39.5 Å². The maximum atomic E-state index is 13.6. The van der Waals surface area contributed by atoms with Crippen LogP contribution < -0.4 is 16.4 Å². The van der Waals surface area contributed by atoms with Gasteiger partial charge in [-0.05, 0) is 24.6 Å². The van der Waals surface area contributed by atoms with Crippen molar-refractivity contribution in [2.75, 3.05) is 18.4 Å². The van der Waals surface area contributed by atoms with Crippen LogP contribution in [-0.2, 0) is 9.59 Å². The summed E-state index contributed by atoms with van der Waals surface area (Å²) in [6.45, 7) is 0.152. The summed E-state index contributed by atoms with van der Waals surface area (Å²) in [5.41, 5.74) is 5.03. The lowest BCUT2D eigenvalue weighted by Gasteiger charge is -2.15. The van der Waals surface area contributed by atoms with Crippen LogP contribution in [0.2, 0.25) is 0 Å². The molecule has 1 unspecified atom stereocenters. The summed E-state index contributed by atoms with van der Waals surface area (Å²) in [7, 11) is 0. The standard InChI is InChI=1S/C13H14BrFN4O3/c14-7-1-2-9(8(15)5-7)17-13(22)18-10-3-4-19(12(10)21)6-11(16)20/h1-2,5,10H,3-4,6H2,(H2,16,20)(H2,17,18,22). The second-order valence-electron chi connectivity index (χ2n) is 4.79. The van der Waals surface area contributed by atoms with Crippen LogP contribution in [0.15, 0.2) is 22.7 Å². The molecule has 0 radical (unpaired) electrons. The molecule has 1 aromatic carbocycles. The Bertz CT molecular complexity index is 625. The second kappa shape index (κ2) is 6.73. The maximum Gasteiger partial charge on any atom is 0.319 e. The van der Waals surface area contributed by atoms with E-state index < -0.39 is 23.8 Å². The van der Waals surface area contributed by atoms with Crippen LogP contribution in [-0.4, -0.2) is 41.9 Å². The van der Waals surface area contributed by atoms with E-state index in [9.17, 15) is 18.8 Å². The van der Waals surface area contributed by atoms with E-state index in [4.69, 9.17) is 5.73 Å². The average molecular weight is 373 g/mol. The highest BCUT2D eigenvalue weighted by atomic mass is 79.9. The third-order valence-corrected chi connectivity index (χ3v) is 3.62. The fourth-order valence-electron chi connectivity index (χ4n) is 2.13. The molecule has 0 aromatic heterocycles. The molecule has 0 bridgehead atoms. The third kappa shape index (κ3) is 3.94. The van der Waals surface area contributed by atoms with E-state index in [0.29, 0.717) is 17.4 Å². The van der Waals surface area contributed by atoms with E-state index >= 15 is 0 Å².